The molecule has 1 saturated heterocycles. The minimum atomic E-state index is -2.92. The minimum absolute atomic E-state index is 0.0495. The van der Waals surface area contributed by atoms with E-state index in [2.05, 4.69) is 55.1 Å². The van der Waals surface area contributed by atoms with Gasteiger partial charge in [-0.25, -0.2) is 4.79 Å². The first-order valence-corrected chi connectivity index (χ1v) is 16.3. The van der Waals surface area contributed by atoms with Gasteiger partial charge in [0.2, 0.25) is 0 Å². The second-order valence-electron chi connectivity index (χ2n) is 10.7. The lowest BCUT2D eigenvalue weighted by Gasteiger charge is -2.46. The van der Waals surface area contributed by atoms with E-state index in [-0.39, 0.29) is 11.6 Å². The molecule has 0 bridgehead atoms. The van der Waals surface area contributed by atoms with E-state index in [0.717, 1.165) is 10.4 Å². The van der Waals surface area contributed by atoms with Crippen molar-refractivity contribution in [3.05, 3.63) is 107 Å². The van der Waals surface area contributed by atoms with Gasteiger partial charge < -0.3 is 19.0 Å². The number of benzene rings is 3. The molecule has 8 nitrogen and oxygen atoms in total. The highest BCUT2D eigenvalue weighted by molar-refractivity contribution is 7.99. The summed E-state index contributed by atoms with van der Waals surface area (Å²) in [5, 5.41) is 17.3. The molecule has 0 spiro atoms. The second-order valence-corrected chi connectivity index (χ2v) is 15.9. The first-order chi connectivity index (χ1) is 19.2. The number of aliphatic hydroxyl groups excluding tert-OH is 1. The summed E-state index contributed by atoms with van der Waals surface area (Å²) in [4.78, 5) is 15.9. The number of thioether (sulfide) groups is 1. The fraction of sp³-hybridized carbons (Fsp3) is 0.367. The third kappa shape index (κ3) is 6.12. The van der Waals surface area contributed by atoms with E-state index < -0.39 is 44.1 Å². The molecule has 3 aromatic carbocycles. The third-order valence-electron chi connectivity index (χ3n) is 7.19. The summed E-state index contributed by atoms with van der Waals surface area (Å²) >= 11 is 1.32. The first-order valence-electron chi connectivity index (χ1n) is 13.1. The summed E-state index contributed by atoms with van der Waals surface area (Å²) in [5.74, 6) is -0.615. The zero-order valence-electron chi connectivity index (χ0n) is 23.1. The molecule has 1 N–H and O–H groups in total. The molecule has 0 unspecified atom stereocenters. The van der Waals surface area contributed by atoms with Gasteiger partial charge in [0, 0.05) is 4.91 Å². The van der Waals surface area contributed by atoms with Gasteiger partial charge in [0.1, 0.15) is 29.8 Å². The predicted molar refractivity (Wildman–Crippen MR) is 160 cm³/mol. The lowest BCUT2D eigenvalue weighted by molar-refractivity contribution is -0.165. The number of hydrogen-bond acceptors (Lipinski definition) is 7. The zero-order chi connectivity index (χ0) is 28.8. The zero-order valence-corrected chi connectivity index (χ0v) is 24.9. The van der Waals surface area contributed by atoms with Crippen molar-refractivity contribution in [2.45, 2.75) is 55.6 Å². The maximum atomic E-state index is 13.0. The van der Waals surface area contributed by atoms with Gasteiger partial charge in [0.05, 0.1) is 12.2 Å². The van der Waals surface area contributed by atoms with Gasteiger partial charge in [-0.15, -0.1) is 11.8 Å². The molecule has 10 heteroatoms. The summed E-state index contributed by atoms with van der Waals surface area (Å²) in [6.07, 6.45) is -1.43. The van der Waals surface area contributed by atoms with Gasteiger partial charge in [-0.2, -0.15) is 0 Å². The molecule has 1 aliphatic heterocycles. The van der Waals surface area contributed by atoms with E-state index in [4.69, 9.17) is 13.9 Å². The molecule has 210 valence electrons. The van der Waals surface area contributed by atoms with Crippen molar-refractivity contribution < 1.29 is 23.8 Å². The topological polar surface area (TPSA) is 114 Å². The summed E-state index contributed by atoms with van der Waals surface area (Å²) in [7, 11) is -2.92. The van der Waals surface area contributed by atoms with Crippen LogP contribution >= 0.6 is 11.8 Å². The molecule has 1 fully saturated rings. The predicted octanol–water partition coefficient (Wildman–Crippen LogP) is 4.92. The van der Waals surface area contributed by atoms with Crippen LogP contribution in [0, 0.1) is 0 Å². The molecule has 0 radical (unpaired) electrons. The summed E-state index contributed by atoms with van der Waals surface area (Å²) < 4.78 is 19.1. The van der Waals surface area contributed by atoms with Crippen LogP contribution in [-0.2, 0) is 13.9 Å². The van der Waals surface area contributed by atoms with Crippen molar-refractivity contribution in [3.63, 3.8) is 0 Å². The summed E-state index contributed by atoms with van der Waals surface area (Å²) in [6, 6.07) is 28.0. The normalized spacial score (nSPS) is 23.2. The van der Waals surface area contributed by atoms with Crippen molar-refractivity contribution in [1.29, 1.82) is 0 Å². The smallest absolute Gasteiger partial charge is 0.338 e. The van der Waals surface area contributed by atoms with Gasteiger partial charge in [0.25, 0.3) is 8.32 Å². The third-order valence-corrected chi connectivity index (χ3v) is 13.1. The first kappa shape index (κ1) is 29.9. The number of ether oxygens (including phenoxy) is 2. The van der Waals surface area contributed by atoms with Crippen molar-refractivity contribution in [1.82, 2.24) is 0 Å². The molecule has 1 aliphatic rings. The largest absolute Gasteiger partial charge is 0.455 e. The van der Waals surface area contributed by atoms with E-state index in [9.17, 15) is 15.4 Å². The van der Waals surface area contributed by atoms with Crippen LogP contribution in [-0.4, -0.2) is 62.0 Å². The number of carbonyl (C=O) groups is 1. The van der Waals surface area contributed by atoms with E-state index in [1.807, 2.05) is 42.7 Å². The van der Waals surface area contributed by atoms with Crippen LogP contribution in [0.2, 0.25) is 5.04 Å². The van der Waals surface area contributed by atoms with Crippen LogP contribution in [0.1, 0.15) is 31.1 Å². The number of esters is 1. The van der Waals surface area contributed by atoms with Gasteiger partial charge in [-0.3, -0.25) is 0 Å². The van der Waals surface area contributed by atoms with Crippen LogP contribution in [0.15, 0.2) is 96.1 Å². The number of rotatable bonds is 9. The molecule has 0 aromatic heterocycles. The van der Waals surface area contributed by atoms with Crippen molar-refractivity contribution in [3.8, 4) is 0 Å². The highest BCUT2D eigenvalue weighted by Gasteiger charge is 2.53. The monoisotopic (exact) mass is 577 g/mol. The highest BCUT2D eigenvalue weighted by Crippen LogP contribution is 2.38. The van der Waals surface area contributed by atoms with Crippen LogP contribution in [0.5, 0.6) is 0 Å². The summed E-state index contributed by atoms with van der Waals surface area (Å²) in [5.41, 5.74) is 8.94. The van der Waals surface area contributed by atoms with Crippen LogP contribution in [0.25, 0.3) is 10.4 Å². The fourth-order valence-corrected chi connectivity index (χ4v) is 10.6. The average molecular weight is 578 g/mol. The molecule has 3 aromatic rings. The Hall–Kier alpha value is -3.11. The SMILES string of the molecule is CS[C@@H]1O[C@H](CO[Si](c2ccccc2)(c2ccccc2)C(C)(C)C)[C@@H](O)[C@H](OC(=O)c2ccccc2)[C@H]1N=[N+]=[N-]. The quantitative estimate of drug-likeness (QED) is 0.127. The lowest BCUT2D eigenvalue weighted by Crippen LogP contribution is -2.68. The number of azide groups is 1. The number of hydrogen-bond donors (Lipinski definition) is 1. The lowest BCUT2D eigenvalue weighted by atomic mass is 9.98. The number of nitrogens with zero attached hydrogens (tertiary/aromatic N) is 3. The molecular weight excluding hydrogens is 542 g/mol. The Labute approximate surface area is 240 Å². The second kappa shape index (κ2) is 13.0. The van der Waals surface area contributed by atoms with Crippen molar-refractivity contribution >= 4 is 36.4 Å². The molecule has 0 amide bonds. The molecular formula is C30H35N3O5SSi. The fourth-order valence-electron chi connectivity index (χ4n) is 5.29. The Balaban J connectivity index is 1.69. The average Bonchev–Trinajstić information content (AvgIpc) is 2.97. The van der Waals surface area contributed by atoms with Crippen molar-refractivity contribution in [2.75, 3.05) is 12.9 Å². The summed E-state index contributed by atoms with van der Waals surface area (Å²) in [6.45, 7) is 6.56. The van der Waals surface area contributed by atoms with Crippen LogP contribution in [0.3, 0.4) is 0 Å². The molecule has 5 atom stereocenters. The Kier molecular flexibility index (Phi) is 9.73. The molecule has 4 rings (SSSR count). The van der Waals surface area contributed by atoms with Gasteiger partial charge in [-0.05, 0) is 39.3 Å². The minimum Gasteiger partial charge on any atom is -0.455 e. The maximum Gasteiger partial charge on any atom is 0.338 e. The van der Waals surface area contributed by atoms with E-state index >= 15 is 0 Å². The maximum absolute atomic E-state index is 13.0. The Morgan fingerprint density at radius 3 is 2.00 bits per heavy atom. The highest BCUT2D eigenvalue weighted by atomic mass is 32.2. The number of aliphatic hydroxyl groups is 1. The van der Waals surface area contributed by atoms with E-state index in [0.29, 0.717) is 5.56 Å². The molecule has 1 heterocycles. The molecule has 40 heavy (non-hydrogen) atoms. The van der Waals surface area contributed by atoms with Crippen molar-refractivity contribution in [2.24, 2.45) is 5.11 Å². The molecule has 0 aliphatic carbocycles. The van der Waals surface area contributed by atoms with Gasteiger partial charge in [0.15, 0.2) is 0 Å². The van der Waals surface area contributed by atoms with E-state index in [1.54, 1.807) is 30.3 Å². The van der Waals surface area contributed by atoms with Gasteiger partial charge >= 0.3 is 5.97 Å². The van der Waals surface area contributed by atoms with Gasteiger partial charge in [-0.1, -0.05) is 105 Å². The Morgan fingerprint density at radius 1 is 1.00 bits per heavy atom. The Bertz CT molecular complexity index is 1260. The molecule has 0 saturated carbocycles. The van der Waals surface area contributed by atoms with Crippen LogP contribution < -0.4 is 10.4 Å². The Morgan fingerprint density at radius 2 is 1.52 bits per heavy atom. The standard InChI is InChI=1S/C30H35N3O5SSi/c1-30(2,3)40(22-16-10-6-11-17-22,23-18-12-7-13-19-23)36-20-24-26(34)27(25(32-33-31)29(37-24)39-4)38-28(35)21-14-8-5-9-15-21/h5-19,24-27,29,34H,20H2,1-4H3/t24-,25-,26-,27-,29+/m1/s1. The van der Waals surface area contributed by atoms with E-state index in [1.165, 1.54) is 11.8 Å². The number of carbonyl (C=O) groups excluding carboxylic acids is 1. The van der Waals surface area contributed by atoms with Crippen LogP contribution in [0.4, 0.5) is 0 Å².